The van der Waals surface area contributed by atoms with E-state index < -0.39 is 0 Å². The van der Waals surface area contributed by atoms with Crippen molar-refractivity contribution in [2.75, 3.05) is 27.2 Å². The average Bonchev–Trinajstić information content (AvgIpc) is 2.48. The van der Waals surface area contributed by atoms with Gasteiger partial charge >= 0.3 is 6.03 Å². The number of nitrogens with zero attached hydrogens (tertiary/aromatic N) is 2. The molecular formula is C15H21BrFN3O. The maximum atomic E-state index is 13.2. The van der Waals surface area contributed by atoms with Gasteiger partial charge in [-0.05, 0) is 36.6 Å². The number of carbonyl (C=O) groups is 1. The van der Waals surface area contributed by atoms with Crippen LogP contribution >= 0.6 is 15.9 Å². The zero-order chi connectivity index (χ0) is 15.4. The first-order valence-electron chi connectivity index (χ1n) is 7.11. The van der Waals surface area contributed by atoms with E-state index in [1.807, 2.05) is 4.90 Å². The smallest absolute Gasteiger partial charge is 0.319 e. The van der Waals surface area contributed by atoms with Crippen LogP contribution in [0.4, 0.5) is 9.18 Å². The SMILES string of the molecule is CN(C)C(=O)N1CCC(NCc2cc(F)ccc2Br)CC1. The molecule has 1 aromatic rings. The fourth-order valence-electron chi connectivity index (χ4n) is 2.49. The molecule has 21 heavy (non-hydrogen) atoms. The second kappa shape index (κ2) is 7.22. The van der Waals surface area contributed by atoms with E-state index in [-0.39, 0.29) is 11.8 Å². The Balaban J connectivity index is 1.81. The van der Waals surface area contributed by atoms with Crippen molar-refractivity contribution < 1.29 is 9.18 Å². The lowest BCUT2D eigenvalue weighted by atomic mass is 10.0. The van der Waals surface area contributed by atoms with Gasteiger partial charge in [-0.25, -0.2) is 9.18 Å². The summed E-state index contributed by atoms with van der Waals surface area (Å²) in [5.41, 5.74) is 0.918. The second-order valence-electron chi connectivity index (χ2n) is 5.55. The van der Waals surface area contributed by atoms with Gasteiger partial charge in [0.25, 0.3) is 0 Å². The van der Waals surface area contributed by atoms with Crippen LogP contribution in [0, 0.1) is 5.82 Å². The zero-order valence-corrected chi connectivity index (χ0v) is 14.0. The Bertz CT molecular complexity index is 502. The highest BCUT2D eigenvalue weighted by Crippen LogP contribution is 2.19. The van der Waals surface area contributed by atoms with E-state index in [0.717, 1.165) is 36.0 Å². The molecule has 0 saturated carbocycles. The lowest BCUT2D eigenvalue weighted by molar-refractivity contribution is 0.152. The number of urea groups is 1. The van der Waals surface area contributed by atoms with Gasteiger partial charge in [-0.2, -0.15) is 0 Å². The third-order valence-electron chi connectivity index (χ3n) is 3.74. The Hall–Kier alpha value is -1.14. The molecule has 0 aliphatic carbocycles. The normalized spacial score (nSPS) is 16.1. The molecule has 0 unspecified atom stereocenters. The summed E-state index contributed by atoms with van der Waals surface area (Å²) >= 11 is 3.43. The highest BCUT2D eigenvalue weighted by molar-refractivity contribution is 9.10. The third-order valence-corrected chi connectivity index (χ3v) is 4.51. The van der Waals surface area contributed by atoms with Gasteiger partial charge < -0.3 is 15.1 Å². The van der Waals surface area contributed by atoms with Gasteiger partial charge in [-0.1, -0.05) is 15.9 Å². The number of hydrogen-bond donors (Lipinski definition) is 1. The highest BCUT2D eigenvalue weighted by Gasteiger charge is 2.23. The van der Waals surface area contributed by atoms with Crippen LogP contribution in [0.5, 0.6) is 0 Å². The first-order chi connectivity index (χ1) is 9.97. The Morgan fingerprint density at radius 1 is 1.43 bits per heavy atom. The van der Waals surface area contributed by atoms with Gasteiger partial charge in [0.1, 0.15) is 5.82 Å². The topological polar surface area (TPSA) is 35.6 Å². The quantitative estimate of drug-likeness (QED) is 0.902. The summed E-state index contributed by atoms with van der Waals surface area (Å²) < 4.78 is 14.1. The molecule has 0 aromatic heterocycles. The first kappa shape index (κ1) is 16.2. The summed E-state index contributed by atoms with van der Waals surface area (Å²) in [7, 11) is 3.54. The minimum atomic E-state index is -0.221. The largest absolute Gasteiger partial charge is 0.331 e. The summed E-state index contributed by atoms with van der Waals surface area (Å²) in [4.78, 5) is 15.3. The fourth-order valence-corrected chi connectivity index (χ4v) is 2.88. The van der Waals surface area contributed by atoms with Crippen LogP contribution < -0.4 is 5.32 Å². The number of likely N-dealkylation sites (tertiary alicyclic amines) is 1. The van der Waals surface area contributed by atoms with E-state index in [9.17, 15) is 9.18 Å². The van der Waals surface area contributed by atoms with Crippen LogP contribution in [0.15, 0.2) is 22.7 Å². The van der Waals surface area contributed by atoms with Crippen molar-refractivity contribution in [3.63, 3.8) is 0 Å². The van der Waals surface area contributed by atoms with Gasteiger partial charge in [-0.3, -0.25) is 0 Å². The standard InChI is InChI=1S/C15H21BrFN3O/c1-19(2)15(21)20-7-5-13(6-8-20)18-10-11-9-12(17)3-4-14(11)16/h3-4,9,13,18H,5-8,10H2,1-2H3. The molecule has 1 N–H and O–H groups in total. The van der Waals surface area contributed by atoms with Gasteiger partial charge in [0, 0.05) is 44.2 Å². The number of piperidine rings is 1. The minimum absolute atomic E-state index is 0.0707. The minimum Gasteiger partial charge on any atom is -0.331 e. The second-order valence-corrected chi connectivity index (χ2v) is 6.41. The van der Waals surface area contributed by atoms with Gasteiger partial charge in [0.2, 0.25) is 0 Å². The number of nitrogens with one attached hydrogen (secondary N) is 1. The van der Waals surface area contributed by atoms with Gasteiger partial charge in [0.05, 0.1) is 0 Å². The molecule has 1 aliphatic heterocycles. The van der Waals surface area contributed by atoms with Crippen molar-refractivity contribution in [2.45, 2.75) is 25.4 Å². The third kappa shape index (κ3) is 4.41. The molecule has 0 bridgehead atoms. The van der Waals surface area contributed by atoms with Gasteiger partial charge in [0.15, 0.2) is 0 Å². The van der Waals surface area contributed by atoms with E-state index in [1.54, 1.807) is 31.1 Å². The zero-order valence-electron chi connectivity index (χ0n) is 12.4. The Kier molecular flexibility index (Phi) is 5.58. The molecule has 6 heteroatoms. The number of carbonyl (C=O) groups excluding carboxylic acids is 1. The molecule has 0 radical (unpaired) electrons. The average molecular weight is 358 g/mol. The lowest BCUT2D eigenvalue weighted by Gasteiger charge is -2.34. The number of rotatable bonds is 3. The molecule has 116 valence electrons. The van der Waals surface area contributed by atoms with Crippen LogP contribution in [0.3, 0.4) is 0 Å². The van der Waals surface area contributed by atoms with E-state index in [4.69, 9.17) is 0 Å². The monoisotopic (exact) mass is 357 g/mol. The number of hydrogen-bond acceptors (Lipinski definition) is 2. The summed E-state index contributed by atoms with van der Waals surface area (Å²) in [6.07, 6.45) is 1.85. The van der Waals surface area contributed by atoms with Crippen LogP contribution in [0.2, 0.25) is 0 Å². The van der Waals surface area contributed by atoms with Gasteiger partial charge in [-0.15, -0.1) is 0 Å². The molecule has 2 rings (SSSR count). The van der Waals surface area contributed by atoms with Crippen molar-refractivity contribution in [3.05, 3.63) is 34.1 Å². The Labute approximate surface area is 133 Å². The highest BCUT2D eigenvalue weighted by atomic mass is 79.9. The van der Waals surface area contributed by atoms with Crippen molar-refractivity contribution in [1.29, 1.82) is 0 Å². The molecule has 1 saturated heterocycles. The number of amides is 2. The maximum absolute atomic E-state index is 13.2. The molecule has 4 nitrogen and oxygen atoms in total. The van der Waals surface area contributed by atoms with Crippen molar-refractivity contribution in [3.8, 4) is 0 Å². The summed E-state index contributed by atoms with van der Waals surface area (Å²) in [5.74, 6) is -0.221. The molecule has 1 aromatic carbocycles. The van der Waals surface area contributed by atoms with Crippen LogP contribution in [-0.2, 0) is 6.54 Å². The van der Waals surface area contributed by atoms with Crippen molar-refractivity contribution in [1.82, 2.24) is 15.1 Å². The van der Waals surface area contributed by atoms with Crippen LogP contribution in [0.25, 0.3) is 0 Å². The molecule has 2 amide bonds. The van der Waals surface area contributed by atoms with Crippen molar-refractivity contribution >= 4 is 22.0 Å². The van der Waals surface area contributed by atoms with Crippen LogP contribution in [-0.4, -0.2) is 49.1 Å². The summed E-state index contributed by atoms with van der Waals surface area (Å²) in [6, 6.07) is 5.15. The molecule has 0 spiro atoms. The van der Waals surface area contributed by atoms with Crippen molar-refractivity contribution in [2.24, 2.45) is 0 Å². The Morgan fingerprint density at radius 2 is 2.10 bits per heavy atom. The molecule has 1 aliphatic rings. The molecule has 0 atom stereocenters. The maximum Gasteiger partial charge on any atom is 0.319 e. The van der Waals surface area contributed by atoms with E-state index in [2.05, 4.69) is 21.2 Å². The molecular weight excluding hydrogens is 337 g/mol. The summed E-state index contributed by atoms with van der Waals surface area (Å²) in [5, 5.41) is 3.45. The van der Waals surface area contributed by atoms with E-state index in [0.29, 0.717) is 12.6 Å². The predicted molar refractivity (Wildman–Crippen MR) is 84.6 cm³/mol. The Morgan fingerprint density at radius 3 is 2.71 bits per heavy atom. The van der Waals surface area contributed by atoms with Crippen LogP contribution in [0.1, 0.15) is 18.4 Å². The van der Waals surface area contributed by atoms with E-state index >= 15 is 0 Å². The fraction of sp³-hybridized carbons (Fsp3) is 0.533. The lowest BCUT2D eigenvalue weighted by Crippen LogP contribution is -2.47. The number of benzene rings is 1. The molecule has 1 heterocycles. The molecule has 1 fully saturated rings. The van der Waals surface area contributed by atoms with E-state index in [1.165, 1.54) is 6.07 Å². The predicted octanol–water partition coefficient (Wildman–Crippen LogP) is 2.82. The first-order valence-corrected chi connectivity index (χ1v) is 7.90. The summed E-state index contributed by atoms with van der Waals surface area (Å²) in [6.45, 7) is 2.16. The number of halogens is 2.